The predicted octanol–water partition coefficient (Wildman–Crippen LogP) is 7.29. The SMILES string of the molecule is C[C@H](NC(=O)c1cc(-c2ccccc2)cc2snc(Cc3ccc4ccncc4c3)c12)c1ccc(C(=O)O)cc1. The third-order valence-electron chi connectivity index (χ3n) is 7.08. The maximum atomic E-state index is 13.8. The summed E-state index contributed by atoms with van der Waals surface area (Å²) in [5.74, 6) is -1.19. The second-order valence-corrected chi connectivity index (χ2v) is 10.6. The standard InChI is InChI=1S/C33H25N3O3S/c1-20(22-9-11-25(12-10-22)33(38)39)35-32(37)28-17-26(23-5-3-2-4-6-23)18-30-31(28)29(36-40-30)16-21-7-8-24-13-14-34-19-27(24)15-21/h2-15,17-20H,16H2,1H3,(H,35,37)(H,38,39)/t20-/m0/s1. The van der Waals surface area contributed by atoms with Crippen LogP contribution in [0.3, 0.4) is 0 Å². The number of fused-ring (bicyclic) bond motifs is 2. The molecule has 0 radical (unpaired) electrons. The van der Waals surface area contributed by atoms with Crippen LogP contribution in [-0.4, -0.2) is 26.3 Å². The fourth-order valence-electron chi connectivity index (χ4n) is 4.94. The first-order valence-electron chi connectivity index (χ1n) is 12.9. The van der Waals surface area contributed by atoms with Crippen LogP contribution in [0.5, 0.6) is 0 Å². The van der Waals surface area contributed by atoms with Crippen LogP contribution in [-0.2, 0) is 6.42 Å². The van der Waals surface area contributed by atoms with Crippen molar-refractivity contribution in [2.45, 2.75) is 19.4 Å². The average molecular weight is 544 g/mol. The molecule has 4 aromatic carbocycles. The summed E-state index contributed by atoms with van der Waals surface area (Å²) in [6, 6.07) is 28.5. The van der Waals surface area contributed by atoms with Crippen molar-refractivity contribution in [2.24, 2.45) is 0 Å². The summed E-state index contributed by atoms with van der Waals surface area (Å²) in [6.45, 7) is 1.89. The van der Waals surface area contributed by atoms with E-state index in [1.165, 1.54) is 11.5 Å². The lowest BCUT2D eigenvalue weighted by atomic mass is 9.96. The number of carbonyl (C=O) groups is 2. The molecule has 0 saturated carbocycles. The number of nitrogens with one attached hydrogen (secondary N) is 1. The first-order valence-corrected chi connectivity index (χ1v) is 13.7. The van der Waals surface area contributed by atoms with E-state index in [-0.39, 0.29) is 17.5 Å². The lowest BCUT2D eigenvalue weighted by Crippen LogP contribution is -2.27. The van der Waals surface area contributed by atoms with Gasteiger partial charge in [0.25, 0.3) is 5.91 Å². The molecule has 6 rings (SSSR count). The van der Waals surface area contributed by atoms with Crippen LogP contribution in [0, 0.1) is 0 Å². The van der Waals surface area contributed by atoms with Gasteiger partial charge in [-0.05, 0) is 82.5 Å². The molecule has 0 aliphatic carbocycles. The summed E-state index contributed by atoms with van der Waals surface area (Å²) in [4.78, 5) is 29.3. The summed E-state index contributed by atoms with van der Waals surface area (Å²) in [6.07, 6.45) is 4.22. The highest BCUT2D eigenvalue weighted by atomic mass is 32.1. The van der Waals surface area contributed by atoms with Gasteiger partial charge < -0.3 is 10.4 Å². The van der Waals surface area contributed by atoms with E-state index < -0.39 is 5.97 Å². The van der Waals surface area contributed by atoms with Gasteiger partial charge in [-0.2, -0.15) is 4.37 Å². The van der Waals surface area contributed by atoms with Crippen LogP contribution in [0.4, 0.5) is 0 Å². The van der Waals surface area contributed by atoms with Gasteiger partial charge in [0.1, 0.15) is 0 Å². The molecular weight excluding hydrogens is 518 g/mol. The fraction of sp³-hybridized carbons (Fsp3) is 0.0909. The van der Waals surface area contributed by atoms with Gasteiger partial charge in [0.15, 0.2) is 0 Å². The first kappa shape index (κ1) is 25.4. The molecule has 6 nitrogen and oxygen atoms in total. The summed E-state index contributed by atoms with van der Waals surface area (Å²) in [5.41, 5.74) is 5.51. The molecule has 2 heterocycles. The molecule has 0 fully saturated rings. The topological polar surface area (TPSA) is 92.2 Å². The zero-order valence-electron chi connectivity index (χ0n) is 21.7. The summed E-state index contributed by atoms with van der Waals surface area (Å²) in [5, 5.41) is 15.4. The Kier molecular flexibility index (Phi) is 6.80. The number of hydrogen-bond acceptors (Lipinski definition) is 5. The zero-order chi connectivity index (χ0) is 27.6. The van der Waals surface area contributed by atoms with Crippen molar-refractivity contribution >= 4 is 44.3 Å². The van der Waals surface area contributed by atoms with E-state index in [0.29, 0.717) is 12.0 Å². The van der Waals surface area contributed by atoms with Crippen LogP contribution in [0.15, 0.2) is 103 Å². The van der Waals surface area contributed by atoms with Gasteiger partial charge in [-0.15, -0.1) is 0 Å². The Morgan fingerprint density at radius 3 is 2.48 bits per heavy atom. The van der Waals surface area contributed by atoms with E-state index in [2.05, 4.69) is 34.6 Å². The zero-order valence-corrected chi connectivity index (χ0v) is 22.5. The number of rotatable bonds is 7. The number of aromatic nitrogens is 2. The number of amides is 1. The van der Waals surface area contributed by atoms with E-state index in [0.717, 1.165) is 48.8 Å². The van der Waals surface area contributed by atoms with Crippen molar-refractivity contribution < 1.29 is 14.7 Å². The van der Waals surface area contributed by atoms with Crippen molar-refractivity contribution in [3.63, 3.8) is 0 Å². The van der Waals surface area contributed by atoms with E-state index in [1.54, 1.807) is 30.5 Å². The Bertz CT molecular complexity index is 1860. The smallest absolute Gasteiger partial charge is 0.335 e. The highest BCUT2D eigenvalue weighted by molar-refractivity contribution is 7.13. The van der Waals surface area contributed by atoms with Crippen LogP contribution in [0.1, 0.15) is 50.5 Å². The largest absolute Gasteiger partial charge is 0.478 e. The number of aromatic carboxylic acids is 1. The highest BCUT2D eigenvalue weighted by Crippen LogP contribution is 2.34. The number of pyridine rings is 1. The molecule has 0 aliphatic heterocycles. The minimum absolute atomic E-state index is 0.206. The highest BCUT2D eigenvalue weighted by Gasteiger charge is 2.21. The van der Waals surface area contributed by atoms with Gasteiger partial charge in [0.05, 0.1) is 27.6 Å². The summed E-state index contributed by atoms with van der Waals surface area (Å²) in [7, 11) is 0. The quantitative estimate of drug-likeness (QED) is 0.221. The summed E-state index contributed by atoms with van der Waals surface area (Å²) >= 11 is 1.40. The van der Waals surface area contributed by atoms with Gasteiger partial charge in [0, 0.05) is 29.6 Å². The van der Waals surface area contributed by atoms with Crippen LogP contribution in [0.2, 0.25) is 0 Å². The second-order valence-electron chi connectivity index (χ2n) is 9.75. The number of carboxylic acids is 1. The van der Waals surface area contributed by atoms with Crippen molar-refractivity contribution in [1.82, 2.24) is 14.7 Å². The number of carboxylic acid groups (broad SMARTS) is 1. The Morgan fingerprint density at radius 1 is 0.900 bits per heavy atom. The van der Waals surface area contributed by atoms with Gasteiger partial charge in [-0.3, -0.25) is 9.78 Å². The Morgan fingerprint density at radius 2 is 1.70 bits per heavy atom. The average Bonchev–Trinajstić information content (AvgIpc) is 3.39. The molecular formula is C33H25N3O3S. The fourth-order valence-corrected chi connectivity index (χ4v) is 5.81. The van der Waals surface area contributed by atoms with Crippen molar-refractivity contribution in [1.29, 1.82) is 0 Å². The Labute approximate surface area is 235 Å². The second kappa shape index (κ2) is 10.7. The molecule has 0 saturated heterocycles. The van der Waals surface area contributed by atoms with Crippen LogP contribution in [0.25, 0.3) is 32.0 Å². The van der Waals surface area contributed by atoms with E-state index in [4.69, 9.17) is 4.37 Å². The molecule has 1 atom stereocenters. The van der Waals surface area contributed by atoms with E-state index in [9.17, 15) is 14.7 Å². The molecule has 0 spiro atoms. The molecule has 0 bridgehead atoms. The van der Waals surface area contributed by atoms with Gasteiger partial charge >= 0.3 is 5.97 Å². The predicted molar refractivity (Wildman–Crippen MR) is 159 cm³/mol. The molecule has 0 aliphatic rings. The van der Waals surface area contributed by atoms with Gasteiger partial charge in [0.2, 0.25) is 0 Å². The van der Waals surface area contributed by atoms with Crippen molar-refractivity contribution in [3.05, 3.63) is 131 Å². The number of hydrogen-bond donors (Lipinski definition) is 2. The van der Waals surface area contributed by atoms with Crippen LogP contribution < -0.4 is 5.32 Å². The Hall–Kier alpha value is -4.88. The minimum atomic E-state index is -0.983. The molecule has 7 heteroatoms. The Balaban J connectivity index is 1.39. The number of carbonyl (C=O) groups excluding carboxylic acids is 1. The monoisotopic (exact) mass is 543 g/mol. The lowest BCUT2D eigenvalue weighted by molar-refractivity contribution is 0.0696. The maximum absolute atomic E-state index is 13.8. The maximum Gasteiger partial charge on any atom is 0.335 e. The molecule has 2 aromatic heterocycles. The van der Waals surface area contributed by atoms with Crippen LogP contribution >= 0.6 is 11.5 Å². The number of nitrogens with zero attached hydrogens (tertiary/aromatic N) is 2. The molecule has 0 unspecified atom stereocenters. The van der Waals surface area contributed by atoms with Gasteiger partial charge in [-0.1, -0.05) is 54.6 Å². The van der Waals surface area contributed by atoms with Crippen molar-refractivity contribution in [2.75, 3.05) is 0 Å². The molecule has 2 N–H and O–H groups in total. The molecule has 6 aromatic rings. The molecule has 196 valence electrons. The van der Waals surface area contributed by atoms with E-state index >= 15 is 0 Å². The normalized spacial score (nSPS) is 11.9. The number of benzene rings is 4. The molecule has 1 amide bonds. The first-order chi connectivity index (χ1) is 19.5. The minimum Gasteiger partial charge on any atom is -0.478 e. The third kappa shape index (κ3) is 5.07. The molecule has 40 heavy (non-hydrogen) atoms. The van der Waals surface area contributed by atoms with Gasteiger partial charge in [-0.25, -0.2) is 4.79 Å². The summed E-state index contributed by atoms with van der Waals surface area (Å²) < 4.78 is 5.75. The third-order valence-corrected chi connectivity index (χ3v) is 7.91. The van der Waals surface area contributed by atoms with E-state index in [1.807, 2.05) is 55.6 Å². The lowest BCUT2D eigenvalue weighted by Gasteiger charge is -2.16. The van der Waals surface area contributed by atoms with Crippen molar-refractivity contribution in [3.8, 4) is 11.1 Å².